The van der Waals surface area contributed by atoms with Crippen molar-refractivity contribution in [2.45, 2.75) is 88.4 Å². The molecule has 0 saturated heterocycles. The normalized spacial score (nSPS) is 12.3. The van der Waals surface area contributed by atoms with Crippen LogP contribution in [0.5, 0.6) is 5.75 Å². The van der Waals surface area contributed by atoms with E-state index in [-0.39, 0.29) is 5.56 Å². The number of rotatable bonds is 14. The van der Waals surface area contributed by atoms with Gasteiger partial charge in [-0.25, -0.2) is 4.79 Å². The molecule has 0 aliphatic rings. The molecular formula is C22H35IO3. The van der Waals surface area contributed by atoms with Crippen molar-refractivity contribution in [3.8, 4) is 5.75 Å². The molecule has 1 aromatic carbocycles. The molecule has 148 valence electrons. The topological polar surface area (TPSA) is 46.5 Å². The maximum atomic E-state index is 11.6. The number of ether oxygens (including phenoxy) is 1. The summed E-state index contributed by atoms with van der Waals surface area (Å²) in [6, 6.07) is 5.51. The van der Waals surface area contributed by atoms with E-state index in [2.05, 4.69) is 43.4 Å². The number of halogens is 1. The quantitative estimate of drug-likeness (QED) is 0.176. The van der Waals surface area contributed by atoms with Crippen LogP contribution in [0.2, 0.25) is 0 Å². The molecule has 26 heavy (non-hydrogen) atoms. The molecule has 0 aromatic heterocycles. The van der Waals surface area contributed by atoms with Crippen LogP contribution in [0.1, 0.15) is 100 Å². The number of unbranched alkanes of at least 4 members (excludes halogenated alkanes) is 5. The molecule has 1 unspecified atom stereocenters. The molecule has 0 saturated carbocycles. The number of alkyl halides is 1. The summed E-state index contributed by atoms with van der Waals surface area (Å²) < 4.78 is 6.50. The van der Waals surface area contributed by atoms with E-state index in [4.69, 9.17) is 4.74 Å². The molecule has 0 heterocycles. The molecule has 1 rings (SSSR count). The number of benzene rings is 1. The van der Waals surface area contributed by atoms with Crippen molar-refractivity contribution in [2.75, 3.05) is 6.61 Å². The molecule has 3 nitrogen and oxygen atoms in total. The van der Waals surface area contributed by atoms with Crippen molar-refractivity contribution < 1.29 is 14.6 Å². The third kappa shape index (κ3) is 7.85. The van der Waals surface area contributed by atoms with Crippen molar-refractivity contribution in [3.05, 3.63) is 29.3 Å². The second kappa shape index (κ2) is 13.4. The second-order valence-electron chi connectivity index (χ2n) is 7.01. The highest BCUT2D eigenvalue weighted by atomic mass is 127. The number of aromatic carboxylic acids is 1. The Morgan fingerprint density at radius 1 is 1.08 bits per heavy atom. The zero-order valence-corrected chi connectivity index (χ0v) is 18.8. The van der Waals surface area contributed by atoms with Crippen LogP contribution in [0.25, 0.3) is 0 Å². The molecule has 0 fully saturated rings. The third-order valence-electron chi connectivity index (χ3n) is 4.98. The van der Waals surface area contributed by atoms with Gasteiger partial charge in [-0.1, -0.05) is 94.0 Å². The minimum atomic E-state index is -0.909. The highest BCUT2D eigenvalue weighted by Crippen LogP contribution is 2.34. The fourth-order valence-electron chi connectivity index (χ4n) is 3.34. The van der Waals surface area contributed by atoms with Crippen molar-refractivity contribution in [3.63, 3.8) is 0 Å². The lowest BCUT2D eigenvalue weighted by molar-refractivity contribution is 0.0692. The predicted molar refractivity (Wildman–Crippen MR) is 118 cm³/mol. The Bertz CT molecular complexity index is 526. The van der Waals surface area contributed by atoms with Gasteiger partial charge in [-0.15, -0.1) is 0 Å². The van der Waals surface area contributed by atoms with Gasteiger partial charge in [0.25, 0.3) is 0 Å². The van der Waals surface area contributed by atoms with Gasteiger partial charge in [0.1, 0.15) is 11.3 Å². The van der Waals surface area contributed by atoms with Gasteiger partial charge < -0.3 is 9.84 Å². The number of hydrogen-bond donors (Lipinski definition) is 1. The van der Waals surface area contributed by atoms with Crippen LogP contribution < -0.4 is 4.74 Å². The summed E-state index contributed by atoms with van der Waals surface area (Å²) in [5.41, 5.74) is 1.33. The molecule has 4 heteroatoms. The van der Waals surface area contributed by atoms with E-state index in [1.54, 1.807) is 6.07 Å². The fourth-order valence-corrected chi connectivity index (χ4v) is 3.96. The van der Waals surface area contributed by atoms with Crippen molar-refractivity contribution in [2.24, 2.45) is 0 Å². The van der Waals surface area contributed by atoms with Crippen LogP contribution in [0.15, 0.2) is 18.2 Å². The van der Waals surface area contributed by atoms with Crippen LogP contribution in [0.4, 0.5) is 0 Å². The first-order valence-corrected chi connectivity index (χ1v) is 11.4. The number of hydrogen-bond acceptors (Lipinski definition) is 2. The Labute approximate surface area is 173 Å². The van der Waals surface area contributed by atoms with E-state index in [0.29, 0.717) is 22.2 Å². The van der Waals surface area contributed by atoms with Gasteiger partial charge in [0.05, 0.1) is 6.61 Å². The summed E-state index contributed by atoms with van der Waals surface area (Å²) in [5, 5.41) is 9.54. The van der Waals surface area contributed by atoms with Crippen LogP contribution in [0, 0.1) is 0 Å². The molecule has 0 spiro atoms. The average Bonchev–Trinajstić information content (AvgIpc) is 2.64. The first-order chi connectivity index (χ1) is 12.5. The van der Waals surface area contributed by atoms with E-state index < -0.39 is 5.97 Å². The Kier molecular flexibility index (Phi) is 12.0. The van der Waals surface area contributed by atoms with Gasteiger partial charge in [-0.2, -0.15) is 0 Å². The van der Waals surface area contributed by atoms with Crippen molar-refractivity contribution >= 4 is 28.6 Å². The largest absolute Gasteiger partial charge is 0.491 e. The SMILES string of the molecule is CCCCCCCCC(I)COc1c(C(=O)O)cccc1C(CC)CC. The molecule has 0 amide bonds. The van der Waals surface area contributed by atoms with Crippen molar-refractivity contribution in [1.82, 2.24) is 0 Å². The highest BCUT2D eigenvalue weighted by Gasteiger charge is 2.20. The Balaban J connectivity index is 2.65. The van der Waals surface area contributed by atoms with E-state index in [1.165, 1.54) is 38.5 Å². The minimum Gasteiger partial charge on any atom is -0.491 e. The zero-order chi connectivity index (χ0) is 19.4. The van der Waals surface area contributed by atoms with E-state index in [1.807, 2.05) is 12.1 Å². The highest BCUT2D eigenvalue weighted by molar-refractivity contribution is 14.1. The van der Waals surface area contributed by atoms with Gasteiger partial charge in [-0.3, -0.25) is 0 Å². The summed E-state index contributed by atoms with van der Waals surface area (Å²) in [6.07, 6.45) is 10.9. The second-order valence-corrected chi connectivity index (χ2v) is 8.77. The van der Waals surface area contributed by atoms with Crippen molar-refractivity contribution in [1.29, 1.82) is 0 Å². The summed E-state index contributed by atoms with van der Waals surface area (Å²) >= 11 is 2.44. The van der Waals surface area contributed by atoms with Crippen LogP contribution in [0.3, 0.4) is 0 Å². The van der Waals surface area contributed by atoms with E-state index in [9.17, 15) is 9.90 Å². The van der Waals surface area contributed by atoms with Crippen LogP contribution >= 0.6 is 22.6 Å². The Hall–Kier alpha value is -0.780. The van der Waals surface area contributed by atoms with Gasteiger partial charge in [0.15, 0.2) is 0 Å². The number of carboxylic acids is 1. The van der Waals surface area contributed by atoms with Gasteiger partial charge in [0.2, 0.25) is 0 Å². The summed E-state index contributed by atoms with van der Waals surface area (Å²) in [4.78, 5) is 11.6. The standard InChI is InChI=1S/C22H35IO3/c1-4-7-8-9-10-11-13-18(23)16-26-21-19(17(5-2)6-3)14-12-15-20(21)22(24)25/h12,14-15,17-18H,4-11,13,16H2,1-3H3,(H,24,25). The first kappa shape index (κ1) is 23.3. The Morgan fingerprint density at radius 3 is 2.35 bits per heavy atom. The summed E-state index contributed by atoms with van der Waals surface area (Å²) in [7, 11) is 0. The smallest absolute Gasteiger partial charge is 0.339 e. The summed E-state index contributed by atoms with van der Waals surface area (Å²) in [5.74, 6) is 0.0163. The average molecular weight is 474 g/mol. The van der Waals surface area contributed by atoms with Crippen LogP contribution in [-0.2, 0) is 0 Å². The molecule has 1 atom stereocenters. The molecule has 0 aliphatic heterocycles. The minimum absolute atomic E-state index is 0.289. The maximum Gasteiger partial charge on any atom is 0.339 e. The lowest BCUT2D eigenvalue weighted by Crippen LogP contribution is -2.15. The van der Waals surface area contributed by atoms with Crippen LogP contribution in [-0.4, -0.2) is 21.6 Å². The number of para-hydroxylation sites is 1. The fraction of sp³-hybridized carbons (Fsp3) is 0.682. The molecule has 1 N–H and O–H groups in total. The van der Waals surface area contributed by atoms with Gasteiger partial charge >= 0.3 is 5.97 Å². The lowest BCUT2D eigenvalue weighted by atomic mass is 9.91. The molecule has 0 bridgehead atoms. The molecule has 0 aliphatic carbocycles. The van der Waals surface area contributed by atoms with Gasteiger partial charge in [0, 0.05) is 3.92 Å². The zero-order valence-electron chi connectivity index (χ0n) is 16.6. The summed E-state index contributed by atoms with van der Waals surface area (Å²) in [6.45, 7) is 7.10. The first-order valence-electron chi connectivity index (χ1n) is 10.2. The monoisotopic (exact) mass is 474 g/mol. The number of carbonyl (C=O) groups is 1. The predicted octanol–water partition coefficient (Wildman–Crippen LogP) is 7.22. The molecule has 1 aromatic rings. The molecular weight excluding hydrogens is 439 g/mol. The lowest BCUT2D eigenvalue weighted by Gasteiger charge is -2.21. The third-order valence-corrected chi connectivity index (χ3v) is 5.96. The maximum absolute atomic E-state index is 11.6. The van der Waals surface area contributed by atoms with Gasteiger partial charge in [-0.05, 0) is 36.8 Å². The number of carboxylic acid groups (broad SMARTS) is 1. The Morgan fingerprint density at radius 2 is 1.73 bits per heavy atom. The molecule has 0 radical (unpaired) electrons. The van der Waals surface area contributed by atoms with E-state index in [0.717, 1.165) is 24.8 Å². The van der Waals surface area contributed by atoms with E-state index >= 15 is 0 Å².